The van der Waals surface area contributed by atoms with Crippen molar-refractivity contribution in [3.05, 3.63) is 29.8 Å². The third-order valence-electron chi connectivity index (χ3n) is 4.72. The first-order valence-electron chi connectivity index (χ1n) is 9.13. The number of amides is 1. The van der Waals surface area contributed by atoms with Gasteiger partial charge in [0.25, 0.3) is 0 Å². The Morgan fingerprint density at radius 2 is 1.81 bits per heavy atom. The second-order valence-electron chi connectivity index (χ2n) is 8.23. The number of likely N-dealkylation sites (tertiary alicyclic amines) is 1. The van der Waals surface area contributed by atoms with Crippen molar-refractivity contribution in [1.29, 1.82) is 0 Å². The maximum Gasteiger partial charge on any atom is 0.519 e. The number of nitrogens with zero attached hydrogens (tertiary/aromatic N) is 2. The molecule has 0 bridgehead atoms. The van der Waals surface area contributed by atoms with Crippen LogP contribution in [0.1, 0.15) is 37.6 Å². The third-order valence-corrected chi connectivity index (χ3v) is 4.72. The monoisotopic (exact) mass is 379 g/mol. The Morgan fingerprint density at radius 1 is 1.19 bits per heavy atom. The SMILES string of the molecule is COC(=O)c1ccc(OC[N+]2(C(=O)OC(C)(C)C)CCC(N(C)C)C2)cc1. The zero-order chi connectivity index (χ0) is 20.2. The highest BCUT2D eigenvalue weighted by molar-refractivity contribution is 5.89. The van der Waals surface area contributed by atoms with E-state index in [4.69, 9.17) is 14.2 Å². The molecule has 7 heteroatoms. The van der Waals surface area contributed by atoms with E-state index in [0.29, 0.717) is 30.4 Å². The smallest absolute Gasteiger partial charge is 0.465 e. The summed E-state index contributed by atoms with van der Waals surface area (Å²) in [5, 5.41) is 0. The van der Waals surface area contributed by atoms with Crippen molar-refractivity contribution in [2.45, 2.75) is 38.8 Å². The molecule has 0 radical (unpaired) electrons. The number of likely N-dealkylation sites (N-methyl/N-ethyl adjacent to an activating group) is 1. The summed E-state index contributed by atoms with van der Waals surface area (Å²) in [5.74, 6) is 0.198. The van der Waals surface area contributed by atoms with Crippen molar-refractivity contribution in [2.75, 3.05) is 41.0 Å². The molecule has 2 rings (SSSR count). The molecule has 1 aromatic carbocycles. The summed E-state index contributed by atoms with van der Waals surface area (Å²) in [6, 6.07) is 6.99. The summed E-state index contributed by atoms with van der Waals surface area (Å²) in [4.78, 5) is 26.6. The number of methoxy groups -OCH3 is 1. The van der Waals surface area contributed by atoms with E-state index in [-0.39, 0.29) is 17.3 Å². The first kappa shape index (κ1) is 21.2. The maximum atomic E-state index is 12.9. The predicted molar refractivity (Wildman–Crippen MR) is 102 cm³/mol. The van der Waals surface area contributed by atoms with Crippen LogP contribution in [0.15, 0.2) is 24.3 Å². The molecule has 2 unspecified atom stereocenters. The summed E-state index contributed by atoms with van der Waals surface area (Å²) < 4.78 is 16.4. The van der Waals surface area contributed by atoms with Gasteiger partial charge in [-0.2, -0.15) is 9.28 Å². The van der Waals surface area contributed by atoms with Crippen LogP contribution in [0.3, 0.4) is 0 Å². The highest BCUT2D eigenvalue weighted by atomic mass is 16.6. The van der Waals surface area contributed by atoms with Crippen LogP contribution in [-0.4, -0.2) is 74.1 Å². The van der Waals surface area contributed by atoms with Crippen molar-refractivity contribution < 1.29 is 28.3 Å². The van der Waals surface area contributed by atoms with Gasteiger partial charge in [0, 0.05) is 6.42 Å². The fraction of sp³-hybridized carbons (Fsp3) is 0.600. The van der Waals surface area contributed by atoms with Crippen molar-refractivity contribution in [3.8, 4) is 5.75 Å². The van der Waals surface area contributed by atoms with Gasteiger partial charge in [0.15, 0.2) is 0 Å². The number of carbonyl (C=O) groups excluding carboxylic acids is 2. The molecule has 1 aromatic rings. The Morgan fingerprint density at radius 3 is 2.30 bits per heavy atom. The molecule has 1 saturated heterocycles. The average Bonchev–Trinajstić information content (AvgIpc) is 3.04. The normalized spacial score (nSPS) is 22.6. The highest BCUT2D eigenvalue weighted by Crippen LogP contribution is 2.27. The minimum atomic E-state index is -0.555. The zero-order valence-electron chi connectivity index (χ0n) is 17.2. The van der Waals surface area contributed by atoms with Crippen LogP contribution >= 0.6 is 0 Å². The van der Waals surface area contributed by atoms with E-state index < -0.39 is 11.6 Å². The van der Waals surface area contributed by atoms with Gasteiger partial charge in [0.05, 0.1) is 25.3 Å². The predicted octanol–water partition coefficient (Wildman–Crippen LogP) is 2.90. The minimum absolute atomic E-state index is 0.124. The topological polar surface area (TPSA) is 65.1 Å². The maximum absolute atomic E-state index is 12.9. The van der Waals surface area contributed by atoms with Crippen LogP contribution in [0.2, 0.25) is 0 Å². The molecule has 1 aliphatic rings. The largest absolute Gasteiger partial charge is 0.519 e. The summed E-state index contributed by atoms with van der Waals surface area (Å²) in [7, 11) is 5.38. The van der Waals surface area contributed by atoms with Gasteiger partial charge in [-0.1, -0.05) is 0 Å². The van der Waals surface area contributed by atoms with Gasteiger partial charge < -0.3 is 19.1 Å². The van der Waals surface area contributed by atoms with Crippen LogP contribution in [-0.2, 0) is 9.47 Å². The summed E-state index contributed by atoms with van der Waals surface area (Å²) >= 11 is 0. The molecule has 7 nitrogen and oxygen atoms in total. The number of rotatable bonds is 5. The van der Waals surface area contributed by atoms with Crippen LogP contribution in [0.5, 0.6) is 5.75 Å². The Balaban J connectivity index is 2.13. The zero-order valence-corrected chi connectivity index (χ0v) is 17.2. The van der Waals surface area contributed by atoms with E-state index in [0.717, 1.165) is 6.42 Å². The quantitative estimate of drug-likeness (QED) is 0.579. The Labute approximate surface area is 161 Å². The lowest BCUT2D eigenvalue weighted by molar-refractivity contribution is -0.863. The molecule has 27 heavy (non-hydrogen) atoms. The summed E-state index contributed by atoms with van der Waals surface area (Å²) in [6.07, 6.45) is 0.634. The number of carbonyl (C=O) groups is 2. The second-order valence-corrected chi connectivity index (χ2v) is 8.23. The number of benzene rings is 1. The van der Waals surface area contributed by atoms with Crippen molar-refractivity contribution in [3.63, 3.8) is 0 Å². The number of hydrogen-bond acceptors (Lipinski definition) is 6. The van der Waals surface area contributed by atoms with E-state index in [1.807, 2.05) is 34.9 Å². The molecule has 1 aliphatic heterocycles. The van der Waals surface area contributed by atoms with E-state index >= 15 is 0 Å². The lowest BCUT2D eigenvalue weighted by atomic mass is 10.2. The molecule has 1 amide bonds. The van der Waals surface area contributed by atoms with Crippen LogP contribution < -0.4 is 4.74 Å². The van der Waals surface area contributed by atoms with Gasteiger partial charge in [-0.3, -0.25) is 0 Å². The van der Waals surface area contributed by atoms with Gasteiger partial charge in [-0.05, 0) is 59.1 Å². The van der Waals surface area contributed by atoms with Crippen molar-refractivity contribution in [1.82, 2.24) is 4.90 Å². The Hall–Kier alpha value is -2.12. The number of ether oxygens (including phenoxy) is 3. The minimum Gasteiger partial charge on any atom is -0.465 e. The number of esters is 1. The third kappa shape index (κ3) is 5.43. The molecule has 1 fully saturated rings. The molecule has 0 N–H and O–H groups in total. The first-order chi connectivity index (χ1) is 12.6. The molecular weight excluding hydrogens is 348 g/mol. The first-order valence-corrected chi connectivity index (χ1v) is 9.13. The lowest BCUT2D eigenvalue weighted by Gasteiger charge is -2.33. The lowest BCUT2D eigenvalue weighted by Crippen LogP contribution is -2.56. The van der Waals surface area contributed by atoms with E-state index in [1.54, 1.807) is 24.3 Å². The highest BCUT2D eigenvalue weighted by Gasteiger charge is 2.48. The molecular formula is C20H31N2O5+. The van der Waals surface area contributed by atoms with Gasteiger partial charge >= 0.3 is 12.1 Å². The number of quaternary nitrogens is 1. The summed E-state index contributed by atoms with van der Waals surface area (Å²) in [6.45, 7) is 7.10. The van der Waals surface area contributed by atoms with E-state index in [1.165, 1.54) is 7.11 Å². The van der Waals surface area contributed by atoms with Gasteiger partial charge in [-0.25, -0.2) is 4.79 Å². The summed E-state index contributed by atoms with van der Waals surface area (Å²) in [5.41, 5.74) is -0.101. The van der Waals surface area contributed by atoms with Gasteiger partial charge in [0.2, 0.25) is 6.73 Å². The molecule has 150 valence electrons. The average molecular weight is 379 g/mol. The second kappa shape index (κ2) is 8.27. The van der Waals surface area contributed by atoms with Crippen LogP contribution in [0, 0.1) is 0 Å². The van der Waals surface area contributed by atoms with E-state index in [2.05, 4.69) is 4.90 Å². The standard InChI is InChI=1S/C20H31N2O5/c1-20(2,3)27-19(24)22(12-11-16(13-22)21(4)5)14-26-17-9-7-15(8-10-17)18(23)25-6/h7-10,16H,11-14H2,1-6H3/q+1. The number of hydrogen-bond donors (Lipinski definition) is 0. The fourth-order valence-electron chi connectivity index (χ4n) is 3.10. The fourth-order valence-corrected chi connectivity index (χ4v) is 3.10. The molecule has 1 heterocycles. The van der Waals surface area contributed by atoms with E-state index in [9.17, 15) is 9.59 Å². The molecule has 0 spiro atoms. The Bertz CT molecular complexity index is 666. The molecule has 0 aromatic heterocycles. The molecule has 2 atom stereocenters. The molecule has 0 aliphatic carbocycles. The Kier molecular flexibility index (Phi) is 6.49. The molecule has 0 saturated carbocycles. The van der Waals surface area contributed by atoms with Crippen LogP contribution in [0.4, 0.5) is 4.79 Å². The van der Waals surface area contributed by atoms with Gasteiger partial charge in [0.1, 0.15) is 17.9 Å². The van der Waals surface area contributed by atoms with Crippen molar-refractivity contribution >= 4 is 12.1 Å². The van der Waals surface area contributed by atoms with Crippen LogP contribution in [0.25, 0.3) is 0 Å². The van der Waals surface area contributed by atoms with Gasteiger partial charge in [-0.15, -0.1) is 0 Å². The van der Waals surface area contributed by atoms with Crippen molar-refractivity contribution in [2.24, 2.45) is 0 Å².